The van der Waals surface area contributed by atoms with Gasteiger partial charge in [0.1, 0.15) is 5.76 Å². The van der Waals surface area contributed by atoms with Gasteiger partial charge in [-0.2, -0.15) is 0 Å². The van der Waals surface area contributed by atoms with Crippen LogP contribution in [0.5, 0.6) is 0 Å². The molecule has 0 bridgehead atoms. The molecule has 0 saturated heterocycles. The van der Waals surface area contributed by atoms with Gasteiger partial charge in [-0.1, -0.05) is 47.3 Å². The number of thioether (sulfide) groups is 1. The van der Waals surface area contributed by atoms with E-state index in [1.165, 1.54) is 11.8 Å². The molecule has 2 N–H and O–H groups in total. The van der Waals surface area contributed by atoms with Gasteiger partial charge in [0, 0.05) is 34.4 Å². The van der Waals surface area contributed by atoms with Crippen LogP contribution in [-0.2, 0) is 4.79 Å². The first kappa shape index (κ1) is 21.0. The second kappa shape index (κ2) is 8.59. The Kier molecular flexibility index (Phi) is 5.47. The summed E-state index contributed by atoms with van der Waals surface area (Å²) < 4.78 is 7.03. The number of rotatable bonds is 6. The highest BCUT2D eigenvalue weighted by atomic mass is 32.2. The molecule has 5 rings (SSSR count). The number of hydrogen-bond donors (Lipinski definition) is 2. The van der Waals surface area contributed by atoms with Crippen LogP contribution in [-0.4, -0.2) is 36.1 Å². The molecule has 5 aromatic rings. The van der Waals surface area contributed by atoms with Crippen molar-refractivity contribution in [2.24, 2.45) is 0 Å². The Morgan fingerprint density at radius 1 is 1.12 bits per heavy atom. The third-order valence-electron chi connectivity index (χ3n) is 5.25. The number of carbonyl (C=O) groups excluding carboxylic acids is 1. The molecule has 0 radical (unpaired) electrons. The zero-order chi connectivity index (χ0) is 22.9. The number of hydrogen-bond acceptors (Lipinski definition) is 6. The van der Waals surface area contributed by atoms with Gasteiger partial charge in [0.25, 0.3) is 0 Å². The van der Waals surface area contributed by atoms with Crippen molar-refractivity contribution in [1.82, 2.24) is 24.9 Å². The number of fused-ring (bicyclic) bond motifs is 1. The predicted octanol–water partition coefficient (Wildman–Crippen LogP) is 5.14. The van der Waals surface area contributed by atoms with E-state index in [1.807, 2.05) is 61.0 Å². The first-order valence-electron chi connectivity index (χ1n) is 10.5. The van der Waals surface area contributed by atoms with Gasteiger partial charge >= 0.3 is 0 Å². The van der Waals surface area contributed by atoms with E-state index in [4.69, 9.17) is 4.52 Å². The molecule has 0 saturated carbocycles. The maximum Gasteiger partial charge on any atom is 0.238 e. The van der Waals surface area contributed by atoms with Gasteiger partial charge in [0.2, 0.25) is 5.91 Å². The van der Waals surface area contributed by atoms with Crippen molar-refractivity contribution >= 4 is 34.4 Å². The summed E-state index contributed by atoms with van der Waals surface area (Å²) >= 11 is 1.34. The van der Waals surface area contributed by atoms with Crippen molar-refractivity contribution in [2.75, 3.05) is 5.32 Å². The van der Waals surface area contributed by atoms with Gasteiger partial charge in [-0.05, 0) is 44.5 Å². The third kappa shape index (κ3) is 4.14. The maximum atomic E-state index is 12.8. The first-order valence-corrected chi connectivity index (χ1v) is 11.4. The fraction of sp³-hybridized carbons (Fsp3) is 0.167. The highest BCUT2D eigenvalue weighted by molar-refractivity contribution is 8.00. The number of nitrogens with zero attached hydrogens (tertiary/aromatic N) is 4. The Hall–Kier alpha value is -3.85. The van der Waals surface area contributed by atoms with Crippen molar-refractivity contribution in [3.05, 3.63) is 72.1 Å². The molecule has 33 heavy (non-hydrogen) atoms. The van der Waals surface area contributed by atoms with Crippen LogP contribution in [0.1, 0.15) is 18.2 Å². The Morgan fingerprint density at radius 2 is 1.97 bits per heavy atom. The fourth-order valence-electron chi connectivity index (χ4n) is 3.64. The molecule has 0 spiro atoms. The van der Waals surface area contributed by atoms with Crippen molar-refractivity contribution in [3.8, 4) is 17.1 Å². The lowest BCUT2D eigenvalue weighted by molar-refractivity contribution is -0.115. The lowest BCUT2D eigenvalue weighted by Gasteiger charge is -2.13. The quantitative estimate of drug-likeness (QED) is 0.342. The van der Waals surface area contributed by atoms with Gasteiger partial charge < -0.3 is 14.8 Å². The summed E-state index contributed by atoms with van der Waals surface area (Å²) in [5.74, 6) is 1.54. The summed E-state index contributed by atoms with van der Waals surface area (Å²) in [7, 11) is 0. The van der Waals surface area contributed by atoms with E-state index in [2.05, 4.69) is 37.8 Å². The Balaban J connectivity index is 1.53. The molecule has 0 aliphatic carbocycles. The molecule has 1 unspecified atom stereocenters. The van der Waals surface area contributed by atoms with Crippen LogP contribution in [0.4, 0.5) is 5.82 Å². The minimum absolute atomic E-state index is 0.194. The topological polar surface area (TPSA) is 102 Å². The number of aromatic amines is 1. The van der Waals surface area contributed by atoms with E-state index in [9.17, 15) is 4.79 Å². The van der Waals surface area contributed by atoms with Crippen LogP contribution >= 0.6 is 11.8 Å². The molecule has 1 amide bonds. The lowest BCUT2D eigenvalue weighted by Crippen LogP contribution is -2.23. The molecule has 1 atom stereocenters. The number of amides is 1. The van der Waals surface area contributed by atoms with Crippen LogP contribution in [0.3, 0.4) is 0 Å². The summed E-state index contributed by atoms with van der Waals surface area (Å²) in [6, 6.07) is 17.9. The molecule has 166 valence electrons. The average Bonchev–Trinajstić information content (AvgIpc) is 3.52. The van der Waals surface area contributed by atoms with Crippen molar-refractivity contribution in [1.29, 1.82) is 0 Å². The van der Waals surface area contributed by atoms with Crippen LogP contribution in [0.15, 0.2) is 70.5 Å². The van der Waals surface area contributed by atoms with Gasteiger partial charge in [-0.25, -0.2) is 0 Å². The number of nitrogens with one attached hydrogen (secondary N) is 2. The summed E-state index contributed by atoms with van der Waals surface area (Å²) in [4.78, 5) is 16.1. The summed E-state index contributed by atoms with van der Waals surface area (Å²) in [5.41, 5.74) is 4.02. The standard InChI is InChI=1S/C24H22N6O2S/c1-14-7-6-8-17(11-14)30-22(19-13-25-20-10-5-4-9-18(19)20)27-28-24(30)33-16(3)23(31)26-21-12-15(2)32-29-21/h4-13,16,25H,1-3H3,(H,26,29,31). The normalized spacial score (nSPS) is 12.2. The highest BCUT2D eigenvalue weighted by Crippen LogP contribution is 2.34. The molecule has 0 aliphatic heterocycles. The predicted molar refractivity (Wildman–Crippen MR) is 129 cm³/mol. The van der Waals surface area contributed by atoms with E-state index in [0.717, 1.165) is 27.7 Å². The number of para-hydroxylation sites is 1. The van der Waals surface area contributed by atoms with Crippen molar-refractivity contribution in [2.45, 2.75) is 31.2 Å². The lowest BCUT2D eigenvalue weighted by atomic mass is 10.1. The Labute approximate surface area is 194 Å². The van der Waals surface area contributed by atoms with E-state index < -0.39 is 5.25 Å². The minimum atomic E-state index is -0.439. The van der Waals surface area contributed by atoms with Crippen molar-refractivity contribution in [3.63, 3.8) is 0 Å². The third-order valence-corrected chi connectivity index (χ3v) is 6.30. The largest absolute Gasteiger partial charge is 0.360 e. The number of anilines is 1. The molecular formula is C24H22N6O2S. The molecule has 3 aromatic heterocycles. The molecule has 8 nitrogen and oxygen atoms in total. The van der Waals surface area contributed by atoms with Crippen LogP contribution in [0, 0.1) is 13.8 Å². The Morgan fingerprint density at radius 3 is 2.76 bits per heavy atom. The van der Waals surface area contributed by atoms with E-state index >= 15 is 0 Å². The van der Waals surface area contributed by atoms with Crippen LogP contribution in [0.25, 0.3) is 28.0 Å². The zero-order valence-corrected chi connectivity index (χ0v) is 19.2. The number of aryl methyl sites for hydroxylation is 2. The molecule has 0 fully saturated rings. The van der Waals surface area contributed by atoms with E-state index in [1.54, 1.807) is 13.0 Å². The number of H-pyrrole nitrogens is 1. The van der Waals surface area contributed by atoms with Gasteiger partial charge in [-0.3, -0.25) is 9.36 Å². The summed E-state index contributed by atoms with van der Waals surface area (Å²) in [5, 5.41) is 16.9. The molecule has 0 aliphatic rings. The molecule has 2 aromatic carbocycles. The Bertz CT molecular complexity index is 1450. The van der Waals surface area contributed by atoms with Crippen molar-refractivity contribution < 1.29 is 9.32 Å². The monoisotopic (exact) mass is 458 g/mol. The SMILES string of the molecule is Cc1cccc(-n2c(SC(C)C(=O)Nc3cc(C)on3)nnc2-c2c[nH]c3ccccc23)c1. The summed E-state index contributed by atoms with van der Waals surface area (Å²) in [6.07, 6.45) is 1.94. The van der Waals surface area contributed by atoms with E-state index in [0.29, 0.717) is 22.6 Å². The first-order chi connectivity index (χ1) is 16.0. The number of benzene rings is 2. The van der Waals surface area contributed by atoms with Crippen LogP contribution < -0.4 is 5.32 Å². The fourth-order valence-corrected chi connectivity index (χ4v) is 4.51. The highest BCUT2D eigenvalue weighted by Gasteiger charge is 2.23. The maximum absolute atomic E-state index is 12.8. The number of carbonyl (C=O) groups is 1. The number of aromatic nitrogens is 5. The zero-order valence-electron chi connectivity index (χ0n) is 18.4. The van der Waals surface area contributed by atoms with Crippen LogP contribution in [0.2, 0.25) is 0 Å². The average molecular weight is 459 g/mol. The van der Waals surface area contributed by atoms with Gasteiger partial charge in [0.05, 0.1) is 5.25 Å². The van der Waals surface area contributed by atoms with Gasteiger partial charge in [-0.15, -0.1) is 10.2 Å². The molecule has 3 heterocycles. The molecule has 9 heteroatoms. The minimum Gasteiger partial charge on any atom is -0.360 e. The van der Waals surface area contributed by atoms with E-state index in [-0.39, 0.29) is 5.91 Å². The second-order valence-electron chi connectivity index (χ2n) is 7.80. The molecular weight excluding hydrogens is 436 g/mol. The second-order valence-corrected chi connectivity index (χ2v) is 9.11. The smallest absolute Gasteiger partial charge is 0.238 e. The van der Waals surface area contributed by atoms with Gasteiger partial charge in [0.15, 0.2) is 16.8 Å². The summed E-state index contributed by atoms with van der Waals surface area (Å²) in [6.45, 7) is 5.65.